The molecule has 1 aliphatic rings. The number of aryl methyl sites for hydroxylation is 1. The highest BCUT2D eigenvalue weighted by atomic mass is 32.2. The van der Waals surface area contributed by atoms with Crippen LogP contribution in [0.3, 0.4) is 0 Å². The maximum absolute atomic E-state index is 12.7. The number of fused-ring (bicyclic) bond motifs is 1. The molecule has 5 heteroatoms. The number of pyridine rings is 1. The number of hydrogen-bond donors (Lipinski definition) is 0. The molecule has 0 atom stereocenters. The lowest BCUT2D eigenvalue weighted by molar-refractivity contribution is 0.739. The minimum absolute atomic E-state index is 0.0218. The van der Waals surface area contributed by atoms with Crippen molar-refractivity contribution < 1.29 is 0 Å². The zero-order valence-corrected chi connectivity index (χ0v) is 13.0. The van der Waals surface area contributed by atoms with E-state index in [9.17, 15) is 4.79 Å². The molecule has 108 valence electrons. The third-order valence-corrected chi connectivity index (χ3v) is 4.17. The summed E-state index contributed by atoms with van der Waals surface area (Å²) in [5.41, 5.74) is 2.48. The summed E-state index contributed by atoms with van der Waals surface area (Å²) in [5, 5.41) is 1.60. The summed E-state index contributed by atoms with van der Waals surface area (Å²) in [6, 6.07) is 1.91. The maximum Gasteiger partial charge on any atom is 0.260 e. The summed E-state index contributed by atoms with van der Waals surface area (Å²) >= 11 is 1.48. The minimum atomic E-state index is 0.0218. The van der Waals surface area contributed by atoms with Gasteiger partial charge in [-0.05, 0) is 37.7 Å². The zero-order chi connectivity index (χ0) is 14.8. The summed E-state index contributed by atoms with van der Waals surface area (Å²) in [4.78, 5) is 21.5. The van der Waals surface area contributed by atoms with Gasteiger partial charge in [0.15, 0.2) is 5.16 Å². The monoisotopic (exact) mass is 299 g/mol. The van der Waals surface area contributed by atoms with Crippen molar-refractivity contribution in [3.8, 4) is 0 Å². The van der Waals surface area contributed by atoms with Gasteiger partial charge in [0, 0.05) is 23.7 Å². The van der Waals surface area contributed by atoms with E-state index in [-0.39, 0.29) is 5.56 Å². The Labute approximate surface area is 127 Å². The van der Waals surface area contributed by atoms with Crippen LogP contribution in [0.5, 0.6) is 0 Å². The van der Waals surface area contributed by atoms with Crippen LogP contribution < -0.4 is 5.56 Å². The second-order valence-corrected chi connectivity index (χ2v) is 5.66. The first-order chi connectivity index (χ1) is 10.2. The van der Waals surface area contributed by atoms with Gasteiger partial charge in [-0.25, -0.2) is 9.97 Å². The molecule has 4 nitrogen and oxygen atoms in total. The number of hydrogen-bond acceptors (Lipinski definition) is 4. The van der Waals surface area contributed by atoms with Crippen molar-refractivity contribution >= 4 is 28.4 Å². The average Bonchev–Trinajstić information content (AvgIpc) is 2.54. The fourth-order valence-corrected chi connectivity index (χ4v) is 2.89. The van der Waals surface area contributed by atoms with Gasteiger partial charge in [-0.15, -0.1) is 0 Å². The lowest BCUT2D eigenvalue weighted by atomic mass is 10.00. The van der Waals surface area contributed by atoms with E-state index in [1.807, 2.05) is 25.3 Å². The van der Waals surface area contributed by atoms with Gasteiger partial charge in [-0.2, -0.15) is 0 Å². The highest BCUT2D eigenvalue weighted by molar-refractivity contribution is 7.98. The van der Waals surface area contributed by atoms with Gasteiger partial charge in [0.05, 0.1) is 0 Å². The highest BCUT2D eigenvalue weighted by Crippen LogP contribution is 2.22. The van der Waals surface area contributed by atoms with Crippen molar-refractivity contribution in [1.82, 2.24) is 14.5 Å². The predicted octanol–water partition coefficient (Wildman–Crippen LogP) is 3.27. The van der Waals surface area contributed by atoms with Crippen molar-refractivity contribution in [2.75, 3.05) is 6.26 Å². The van der Waals surface area contributed by atoms with Crippen LogP contribution in [0.25, 0.3) is 16.6 Å². The summed E-state index contributed by atoms with van der Waals surface area (Å²) < 4.78 is 1.73. The molecule has 0 radical (unpaired) electrons. The maximum atomic E-state index is 12.7. The molecule has 0 N–H and O–H groups in total. The molecule has 0 fully saturated rings. The van der Waals surface area contributed by atoms with Crippen LogP contribution >= 0.6 is 11.8 Å². The molecular weight excluding hydrogens is 282 g/mol. The summed E-state index contributed by atoms with van der Waals surface area (Å²) in [6.45, 7) is 2.57. The standard InChI is InChI=1S/C16H17N3OS/c1-3-19-14-12(10-17-16(18-14)21-2)9-13(15(19)20)11-7-5-4-6-8-11/h5,7-10H,3-4,6H2,1-2H3. The number of allylic oxidation sites excluding steroid dienone is 4. The molecule has 0 saturated carbocycles. The van der Waals surface area contributed by atoms with E-state index in [1.165, 1.54) is 11.8 Å². The molecule has 0 aliphatic heterocycles. The SMILES string of the molecule is CCn1c(=O)c(C2=CCCC=C2)cc2cnc(SC)nc21. The van der Waals surface area contributed by atoms with Gasteiger partial charge in [-0.1, -0.05) is 30.0 Å². The number of thioether (sulfide) groups is 1. The van der Waals surface area contributed by atoms with Crippen LogP contribution in [-0.2, 0) is 6.54 Å². The Hall–Kier alpha value is -1.88. The van der Waals surface area contributed by atoms with Crippen LogP contribution in [0.4, 0.5) is 0 Å². The van der Waals surface area contributed by atoms with Crippen molar-refractivity contribution in [3.05, 3.63) is 46.4 Å². The van der Waals surface area contributed by atoms with Gasteiger partial charge in [-0.3, -0.25) is 9.36 Å². The molecule has 21 heavy (non-hydrogen) atoms. The third-order valence-electron chi connectivity index (χ3n) is 3.61. The van der Waals surface area contributed by atoms with E-state index >= 15 is 0 Å². The van der Waals surface area contributed by atoms with E-state index < -0.39 is 0 Å². The van der Waals surface area contributed by atoms with Crippen molar-refractivity contribution in [1.29, 1.82) is 0 Å². The molecule has 0 spiro atoms. The van der Waals surface area contributed by atoms with Crippen LogP contribution in [0, 0.1) is 0 Å². The highest BCUT2D eigenvalue weighted by Gasteiger charge is 2.13. The van der Waals surface area contributed by atoms with Crippen molar-refractivity contribution in [2.24, 2.45) is 0 Å². The molecule has 0 saturated heterocycles. The molecular formula is C16H17N3OS. The fraction of sp³-hybridized carbons (Fsp3) is 0.312. The lowest BCUT2D eigenvalue weighted by Crippen LogP contribution is -2.24. The average molecular weight is 299 g/mol. The van der Waals surface area contributed by atoms with Gasteiger partial charge in [0.1, 0.15) is 5.65 Å². The van der Waals surface area contributed by atoms with Gasteiger partial charge in [0.2, 0.25) is 0 Å². The van der Waals surface area contributed by atoms with Crippen molar-refractivity contribution in [2.45, 2.75) is 31.5 Å². The fourth-order valence-electron chi connectivity index (χ4n) is 2.56. The minimum Gasteiger partial charge on any atom is -0.292 e. The Morgan fingerprint density at radius 3 is 2.90 bits per heavy atom. The van der Waals surface area contributed by atoms with E-state index in [1.54, 1.807) is 10.8 Å². The zero-order valence-electron chi connectivity index (χ0n) is 12.2. The molecule has 2 aromatic heterocycles. The molecule has 1 aliphatic carbocycles. The first-order valence-corrected chi connectivity index (χ1v) is 8.28. The largest absolute Gasteiger partial charge is 0.292 e. The lowest BCUT2D eigenvalue weighted by Gasteiger charge is -2.12. The van der Waals surface area contributed by atoms with E-state index in [0.717, 1.165) is 29.4 Å². The Balaban J connectivity index is 2.29. The van der Waals surface area contributed by atoms with Crippen molar-refractivity contribution in [3.63, 3.8) is 0 Å². The first-order valence-electron chi connectivity index (χ1n) is 7.06. The molecule has 3 rings (SSSR count). The van der Waals surface area contributed by atoms with E-state index in [4.69, 9.17) is 0 Å². The number of nitrogens with zero attached hydrogens (tertiary/aromatic N) is 3. The predicted molar refractivity (Wildman–Crippen MR) is 87.6 cm³/mol. The van der Waals surface area contributed by atoms with Gasteiger partial charge >= 0.3 is 0 Å². The van der Waals surface area contributed by atoms with Crippen LogP contribution in [-0.4, -0.2) is 20.8 Å². The van der Waals surface area contributed by atoms with Crippen LogP contribution in [0.2, 0.25) is 0 Å². The van der Waals surface area contributed by atoms with Crippen LogP contribution in [0.15, 0.2) is 40.4 Å². The Morgan fingerprint density at radius 2 is 2.24 bits per heavy atom. The quantitative estimate of drug-likeness (QED) is 0.644. The molecule has 2 heterocycles. The Kier molecular flexibility index (Phi) is 3.92. The Bertz CT molecular complexity index is 805. The molecule has 0 unspecified atom stereocenters. The topological polar surface area (TPSA) is 47.8 Å². The number of aromatic nitrogens is 3. The summed E-state index contributed by atoms with van der Waals surface area (Å²) in [6.07, 6.45) is 12.0. The summed E-state index contributed by atoms with van der Waals surface area (Å²) in [7, 11) is 0. The summed E-state index contributed by atoms with van der Waals surface area (Å²) in [5.74, 6) is 0. The third kappa shape index (κ3) is 2.53. The second kappa shape index (κ2) is 5.85. The van der Waals surface area contributed by atoms with Gasteiger partial charge in [0.25, 0.3) is 5.56 Å². The normalized spacial score (nSPS) is 14.5. The van der Waals surface area contributed by atoms with Gasteiger partial charge < -0.3 is 0 Å². The van der Waals surface area contributed by atoms with Crippen LogP contribution in [0.1, 0.15) is 25.3 Å². The molecule has 0 bridgehead atoms. The second-order valence-electron chi connectivity index (χ2n) is 4.88. The molecule has 0 amide bonds. The molecule has 0 aromatic carbocycles. The number of rotatable bonds is 3. The molecule has 2 aromatic rings. The first kappa shape index (κ1) is 14.1. The smallest absolute Gasteiger partial charge is 0.260 e. The van der Waals surface area contributed by atoms with E-state index in [0.29, 0.717) is 17.3 Å². The Morgan fingerprint density at radius 1 is 1.38 bits per heavy atom. The van der Waals surface area contributed by atoms with E-state index in [2.05, 4.69) is 22.1 Å².